The van der Waals surface area contributed by atoms with Crippen molar-refractivity contribution in [1.82, 2.24) is 5.17 Å². The standard InChI is InChI=1S/C21H23FN2O5S/c1-3-4-13-29-24-19(15-5-11-18(12-6-15)30(2,27)28)14-20(25)21(26)23(24)17-9-7-16(22)8-10-17/h5-12,14,19,25H,3-4,13H2,1-2H3. The molecule has 2 aromatic carbocycles. The van der Waals surface area contributed by atoms with Crippen LogP contribution in [0.25, 0.3) is 0 Å². The van der Waals surface area contributed by atoms with E-state index in [1.807, 2.05) is 6.92 Å². The molecule has 1 unspecified atom stereocenters. The van der Waals surface area contributed by atoms with Crippen LogP contribution in [0.15, 0.2) is 65.3 Å². The SMILES string of the molecule is CCCCON1C(c2ccc(S(C)(=O)=O)cc2)C=C(O)C(=O)N1c1ccc(F)cc1. The molecule has 1 N–H and O–H groups in total. The van der Waals surface area contributed by atoms with E-state index < -0.39 is 33.4 Å². The summed E-state index contributed by atoms with van der Waals surface area (Å²) in [6, 6.07) is 10.6. The molecule has 0 spiro atoms. The molecular weight excluding hydrogens is 411 g/mol. The Morgan fingerprint density at radius 1 is 1.10 bits per heavy atom. The van der Waals surface area contributed by atoms with Gasteiger partial charge in [-0.1, -0.05) is 30.6 Å². The van der Waals surface area contributed by atoms with Crippen LogP contribution >= 0.6 is 0 Å². The lowest BCUT2D eigenvalue weighted by Crippen LogP contribution is -2.52. The minimum absolute atomic E-state index is 0.153. The molecule has 2 aromatic rings. The van der Waals surface area contributed by atoms with Crippen molar-refractivity contribution in [3.05, 3.63) is 71.7 Å². The number of halogens is 1. The van der Waals surface area contributed by atoms with Crippen LogP contribution in [0.4, 0.5) is 10.1 Å². The van der Waals surface area contributed by atoms with E-state index in [4.69, 9.17) is 4.84 Å². The van der Waals surface area contributed by atoms with Crippen molar-refractivity contribution in [3.63, 3.8) is 0 Å². The molecule has 1 aliphatic rings. The van der Waals surface area contributed by atoms with Crippen LogP contribution < -0.4 is 5.01 Å². The van der Waals surface area contributed by atoms with Gasteiger partial charge in [0.05, 0.1) is 17.2 Å². The molecule has 0 saturated carbocycles. The molecule has 160 valence electrons. The summed E-state index contributed by atoms with van der Waals surface area (Å²) in [5.41, 5.74) is 0.917. The van der Waals surface area contributed by atoms with Gasteiger partial charge >= 0.3 is 5.91 Å². The third-order valence-electron chi connectivity index (χ3n) is 4.60. The molecule has 1 atom stereocenters. The average Bonchev–Trinajstić information content (AvgIpc) is 2.71. The summed E-state index contributed by atoms with van der Waals surface area (Å²) in [6.07, 6.45) is 4.05. The van der Waals surface area contributed by atoms with Gasteiger partial charge in [0.2, 0.25) is 0 Å². The molecule has 3 rings (SSSR count). The second kappa shape index (κ2) is 8.95. The van der Waals surface area contributed by atoms with Crippen molar-refractivity contribution in [3.8, 4) is 0 Å². The minimum atomic E-state index is -3.37. The van der Waals surface area contributed by atoms with Crippen LogP contribution in [0.5, 0.6) is 0 Å². The zero-order valence-corrected chi connectivity index (χ0v) is 17.5. The first-order chi connectivity index (χ1) is 14.2. The fourth-order valence-electron chi connectivity index (χ4n) is 3.00. The summed E-state index contributed by atoms with van der Waals surface area (Å²) < 4.78 is 36.9. The van der Waals surface area contributed by atoms with E-state index in [0.717, 1.165) is 24.1 Å². The van der Waals surface area contributed by atoms with Crippen molar-refractivity contribution in [2.24, 2.45) is 0 Å². The highest BCUT2D eigenvalue weighted by Gasteiger charge is 2.38. The van der Waals surface area contributed by atoms with Gasteiger partial charge in [-0.05, 0) is 54.5 Å². The maximum atomic E-state index is 13.4. The number of carbonyl (C=O) groups is 1. The predicted octanol–water partition coefficient (Wildman–Crippen LogP) is 3.71. The van der Waals surface area contributed by atoms with Gasteiger partial charge in [-0.2, -0.15) is 0 Å². The number of hydroxylamine groups is 1. The Labute approximate surface area is 174 Å². The van der Waals surface area contributed by atoms with Gasteiger partial charge in [0.15, 0.2) is 15.6 Å². The molecule has 1 amide bonds. The lowest BCUT2D eigenvalue weighted by molar-refractivity contribution is -0.195. The minimum Gasteiger partial charge on any atom is -0.503 e. The number of unbranched alkanes of at least 4 members (excludes halogenated alkanes) is 1. The summed E-state index contributed by atoms with van der Waals surface area (Å²) in [5, 5.41) is 12.7. The Morgan fingerprint density at radius 3 is 2.30 bits per heavy atom. The lowest BCUT2D eigenvalue weighted by Gasteiger charge is -2.40. The predicted molar refractivity (Wildman–Crippen MR) is 110 cm³/mol. The number of nitrogens with zero attached hydrogens (tertiary/aromatic N) is 2. The van der Waals surface area contributed by atoms with Crippen molar-refractivity contribution in [2.45, 2.75) is 30.7 Å². The van der Waals surface area contributed by atoms with Gasteiger partial charge in [-0.3, -0.25) is 9.63 Å². The van der Waals surface area contributed by atoms with Gasteiger partial charge in [0.25, 0.3) is 0 Å². The fourth-order valence-corrected chi connectivity index (χ4v) is 3.63. The normalized spacial score (nSPS) is 17.8. The van der Waals surface area contributed by atoms with E-state index in [1.165, 1.54) is 47.6 Å². The molecular formula is C21H23FN2O5S. The summed E-state index contributed by atoms with van der Waals surface area (Å²) in [4.78, 5) is 18.8. The Balaban J connectivity index is 2.04. The number of hydrogen-bond donors (Lipinski definition) is 1. The van der Waals surface area contributed by atoms with Crippen LogP contribution in [0.1, 0.15) is 31.4 Å². The first-order valence-electron chi connectivity index (χ1n) is 9.45. The number of anilines is 1. The number of rotatable bonds is 7. The largest absolute Gasteiger partial charge is 0.503 e. The highest BCUT2D eigenvalue weighted by molar-refractivity contribution is 7.90. The van der Waals surface area contributed by atoms with Crippen molar-refractivity contribution in [1.29, 1.82) is 0 Å². The highest BCUT2D eigenvalue weighted by atomic mass is 32.2. The van der Waals surface area contributed by atoms with Gasteiger partial charge in [0, 0.05) is 6.26 Å². The first-order valence-corrected chi connectivity index (χ1v) is 11.3. The summed E-state index contributed by atoms with van der Waals surface area (Å²) >= 11 is 0. The molecule has 1 heterocycles. The average molecular weight is 434 g/mol. The molecule has 30 heavy (non-hydrogen) atoms. The molecule has 0 aromatic heterocycles. The fraction of sp³-hybridized carbons (Fsp3) is 0.286. The van der Waals surface area contributed by atoms with E-state index in [1.54, 1.807) is 12.1 Å². The van der Waals surface area contributed by atoms with E-state index in [9.17, 15) is 22.7 Å². The third-order valence-corrected chi connectivity index (χ3v) is 5.73. The van der Waals surface area contributed by atoms with E-state index >= 15 is 0 Å². The molecule has 9 heteroatoms. The zero-order chi connectivity index (χ0) is 21.9. The Hall–Kier alpha value is -2.75. The van der Waals surface area contributed by atoms with Gasteiger partial charge in [-0.15, -0.1) is 0 Å². The van der Waals surface area contributed by atoms with E-state index in [0.29, 0.717) is 17.9 Å². The number of benzene rings is 2. The van der Waals surface area contributed by atoms with Gasteiger partial charge in [0.1, 0.15) is 11.9 Å². The highest BCUT2D eigenvalue weighted by Crippen LogP contribution is 2.34. The number of hydrogen-bond acceptors (Lipinski definition) is 6. The van der Waals surface area contributed by atoms with Crippen LogP contribution in [0.2, 0.25) is 0 Å². The van der Waals surface area contributed by atoms with Crippen LogP contribution in [0, 0.1) is 5.82 Å². The van der Waals surface area contributed by atoms with Gasteiger partial charge < -0.3 is 5.11 Å². The maximum Gasteiger partial charge on any atom is 0.309 e. The van der Waals surface area contributed by atoms with Crippen LogP contribution in [-0.4, -0.2) is 37.5 Å². The molecule has 0 fully saturated rings. The number of aliphatic hydroxyl groups excluding tert-OH is 1. The maximum absolute atomic E-state index is 13.4. The number of amides is 1. The molecule has 0 saturated heterocycles. The molecule has 0 aliphatic carbocycles. The zero-order valence-electron chi connectivity index (χ0n) is 16.7. The van der Waals surface area contributed by atoms with Crippen LogP contribution in [0.3, 0.4) is 0 Å². The quantitative estimate of drug-likeness (QED) is 0.669. The summed E-state index contributed by atoms with van der Waals surface area (Å²) in [6.45, 7) is 2.31. The second-order valence-electron chi connectivity index (χ2n) is 6.92. The van der Waals surface area contributed by atoms with E-state index in [2.05, 4.69) is 0 Å². The monoisotopic (exact) mass is 434 g/mol. The van der Waals surface area contributed by atoms with E-state index in [-0.39, 0.29) is 4.90 Å². The first kappa shape index (κ1) is 21.9. The lowest BCUT2D eigenvalue weighted by atomic mass is 10.0. The number of sulfone groups is 1. The number of hydrazine groups is 1. The Bertz CT molecular complexity index is 1040. The molecule has 7 nitrogen and oxygen atoms in total. The Morgan fingerprint density at radius 2 is 1.73 bits per heavy atom. The van der Waals surface area contributed by atoms with Crippen molar-refractivity contribution < 1.29 is 27.5 Å². The third kappa shape index (κ3) is 4.69. The molecule has 0 radical (unpaired) electrons. The summed E-state index contributed by atoms with van der Waals surface area (Å²) in [7, 11) is -3.37. The molecule has 0 bridgehead atoms. The smallest absolute Gasteiger partial charge is 0.309 e. The Kier molecular flexibility index (Phi) is 6.55. The second-order valence-corrected chi connectivity index (χ2v) is 8.94. The van der Waals surface area contributed by atoms with Gasteiger partial charge in [-0.25, -0.2) is 17.8 Å². The topological polar surface area (TPSA) is 87.1 Å². The number of carbonyl (C=O) groups excluding carboxylic acids is 1. The van der Waals surface area contributed by atoms with Crippen LogP contribution in [-0.2, 0) is 19.5 Å². The van der Waals surface area contributed by atoms with Crippen molar-refractivity contribution in [2.75, 3.05) is 17.9 Å². The summed E-state index contributed by atoms with van der Waals surface area (Å²) in [5.74, 6) is -1.68. The molecule has 1 aliphatic heterocycles. The number of aliphatic hydroxyl groups is 1. The van der Waals surface area contributed by atoms with Crippen molar-refractivity contribution >= 4 is 21.4 Å².